The minimum atomic E-state index is 0.495. The van der Waals surface area contributed by atoms with E-state index in [4.69, 9.17) is 4.42 Å². The fourth-order valence-corrected chi connectivity index (χ4v) is 3.86. The summed E-state index contributed by atoms with van der Waals surface area (Å²) in [6.07, 6.45) is 8.48. The lowest BCUT2D eigenvalue weighted by atomic mass is 9.86. The van der Waals surface area contributed by atoms with Gasteiger partial charge in [-0.1, -0.05) is 25.8 Å². The van der Waals surface area contributed by atoms with Gasteiger partial charge in [0.1, 0.15) is 11.5 Å². The number of nitrogens with zero attached hydrogens (tertiary/aromatic N) is 5. The molecule has 3 aromatic heterocycles. The van der Waals surface area contributed by atoms with E-state index in [1.807, 2.05) is 30.3 Å². The van der Waals surface area contributed by atoms with E-state index in [1.54, 1.807) is 12.5 Å². The van der Waals surface area contributed by atoms with Crippen LogP contribution in [0.5, 0.6) is 0 Å². The minimum Gasteiger partial charge on any atom is -0.467 e. The van der Waals surface area contributed by atoms with Crippen LogP contribution in [-0.2, 0) is 6.54 Å². The fraction of sp³-hybridized carbons (Fsp3) is 0.450. The van der Waals surface area contributed by atoms with E-state index in [0.29, 0.717) is 12.6 Å². The summed E-state index contributed by atoms with van der Waals surface area (Å²) < 4.78 is 7.69. The van der Waals surface area contributed by atoms with Crippen molar-refractivity contribution in [1.29, 1.82) is 0 Å². The maximum Gasteiger partial charge on any atom is 0.227 e. The van der Waals surface area contributed by atoms with Gasteiger partial charge in [-0.15, -0.1) is 10.2 Å². The van der Waals surface area contributed by atoms with Crippen LogP contribution in [0.3, 0.4) is 0 Å². The topological polar surface area (TPSA) is 60.0 Å². The van der Waals surface area contributed by atoms with Crippen molar-refractivity contribution in [2.45, 2.75) is 45.2 Å². The van der Waals surface area contributed by atoms with Crippen molar-refractivity contribution >= 4 is 5.95 Å². The Hall–Kier alpha value is -2.63. The van der Waals surface area contributed by atoms with Crippen LogP contribution in [0.25, 0.3) is 11.5 Å². The van der Waals surface area contributed by atoms with Crippen molar-refractivity contribution in [2.75, 3.05) is 11.9 Å². The van der Waals surface area contributed by atoms with Gasteiger partial charge in [0.2, 0.25) is 5.95 Å². The molecule has 0 bridgehead atoms. The van der Waals surface area contributed by atoms with Crippen LogP contribution >= 0.6 is 0 Å². The van der Waals surface area contributed by atoms with E-state index >= 15 is 0 Å². The summed E-state index contributed by atoms with van der Waals surface area (Å²) in [5, 5.41) is 9.00. The Kier molecular flexibility index (Phi) is 4.73. The second-order valence-corrected chi connectivity index (χ2v) is 7.24. The van der Waals surface area contributed by atoms with Gasteiger partial charge in [-0.05, 0) is 43.0 Å². The molecule has 2 atom stereocenters. The highest BCUT2D eigenvalue weighted by atomic mass is 16.3. The molecule has 6 heteroatoms. The third-order valence-corrected chi connectivity index (χ3v) is 5.29. The second kappa shape index (κ2) is 7.32. The first-order valence-corrected chi connectivity index (χ1v) is 9.32. The van der Waals surface area contributed by atoms with Crippen molar-refractivity contribution < 1.29 is 4.42 Å². The lowest BCUT2D eigenvalue weighted by molar-refractivity contribution is 0.333. The average molecular weight is 351 g/mol. The first-order valence-electron chi connectivity index (χ1n) is 9.32. The number of rotatable bonds is 5. The molecule has 26 heavy (non-hydrogen) atoms. The Morgan fingerprint density at radius 2 is 2.12 bits per heavy atom. The Balaban J connectivity index is 1.70. The van der Waals surface area contributed by atoms with Gasteiger partial charge in [0, 0.05) is 19.3 Å². The Morgan fingerprint density at radius 3 is 2.85 bits per heavy atom. The van der Waals surface area contributed by atoms with Gasteiger partial charge in [0.15, 0.2) is 5.82 Å². The standard InChI is InChI=1S/C20H25N5O/c1-15-7-5-8-16(13-15)24(2)20-23-22-19(18-10-3-4-11-21-18)25(20)14-17-9-6-12-26-17/h3-4,6,9-12,15-16H,5,7-8,13-14H2,1-2H3. The third-order valence-electron chi connectivity index (χ3n) is 5.29. The summed E-state index contributed by atoms with van der Waals surface area (Å²) in [6.45, 7) is 2.93. The molecule has 1 saturated carbocycles. The molecule has 1 aliphatic rings. The molecule has 3 aromatic rings. The van der Waals surface area contributed by atoms with Gasteiger partial charge >= 0.3 is 0 Å². The summed E-state index contributed by atoms with van der Waals surface area (Å²) >= 11 is 0. The Bertz CT molecular complexity index is 827. The number of aromatic nitrogens is 4. The van der Waals surface area contributed by atoms with Crippen LogP contribution in [0.1, 0.15) is 38.4 Å². The molecule has 0 saturated heterocycles. The highest BCUT2D eigenvalue weighted by Gasteiger charge is 2.27. The van der Waals surface area contributed by atoms with Crippen molar-refractivity contribution in [3.8, 4) is 11.5 Å². The Morgan fingerprint density at radius 1 is 1.19 bits per heavy atom. The number of pyridine rings is 1. The monoisotopic (exact) mass is 351 g/mol. The molecule has 2 unspecified atom stereocenters. The lowest BCUT2D eigenvalue weighted by Crippen LogP contribution is -2.37. The zero-order chi connectivity index (χ0) is 17.9. The lowest BCUT2D eigenvalue weighted by Gasteiger charge is -2.34. The van der Waals surface area contributed by atoms with E-state index in [9.17, 15) is 0 Å². The van der Waals surface area contributed by atoms with E-state index in [-0.39, 0.29) is 0 Å². The third kappa shape index (κ3) is 3.36. The Labute approximate surface area is 153 Å². The van der Waals surface area contributed by atoms with E-state index in [2.05, 4.69) is 38.6 Å². The SMILES string of the molecule is CC1CCCC(N(C)c2nnc(-c3ccccn3)n2Cc2ccco2)C1. The average Bonchev–Trinajstić information content (AvgIpc) is 3.32. The normalized spacial score (nSPS) is 20.2. The fourth-order valence-electron chi connectivity index (χ4n) is 3.86. The molecule has 0 aromatic carbocycles. The van der Waals surface area contributed by atoms with E-state index < -0.39 is 0 Å². The molecule has 0 N–H and O–H groups in total. The predicted molar refractivity (Wildman–Crippen MR) is 101 cm³/mol. The number of hydrogen-bond acceptors (Lipinski definition) is 5. The van der Waals surface area contributed by atoms with Gasteiger partial charge in [0.25, 0.3) is 0 Å². The molecule has 0 radical (unpaired) electrons. The summed E-state index contributed by atoms with van der Waals surface area (Å²) in [7, 11) is 2.13. The van der Waals surface area contributed by atoms with Crippen LogP contribution in [0.2, 0.25) is 0 Å². The van der Waals surface area contributed by atoms with Gasteiger partial charge in [-0.2, -0.15) is 0 Å². The smallest absolute Gasteiger partial charge is 0.227 e. The summed E-state index contributed by atoms with van der Waals surface area (Å²) in [4.78, 5) is 6.75. The maximum atomic E-state index is 5.58. The van der Waals surface area contributed by atoms with Gasteiger partial charge in [-0.3, -0.25) is 9.55 Å². The van der Waals surface area contributed by atoms with Crippen LogP contribution in [0.15, 0.2) is 47.2 Å². The maximum absolute atomic E-state index is 5.58. The molecule has 1 fully saturated rings. The largest absolute Gasteiger partial charge is 0.467 e. The van der Waals surface area contributed by atoms with Crippen molar-refractivity contribution in [2.24, 2.45) is 5.92 Å². The highest BCUT2D eigenvalue weighted by molar-refractivity contribution is 5.53. The van der Waals surface area contributed by atoms with Crippen LogP contribution < -0.4 is 4.90 Å². The van der Waals surface area contributed by atoms with Crippen molar-refractivity contribution in [1.82, 2.24) is 19.7 Å². The quantitative estimate of drug-likeness (QED) is 0.695. The minimum absolute atomic E-state index is 0.495. The number of hydrogen-bond donors (Lipinski definition) is 0. The number of anilines is 1. The first kappa shape index (κ1) is 16.8. The van der Waals surface area contributed by atoms with E-state index in [1.165, 1.54) is 25.7 Å². The van der Waals surface area contributed by atoms with Crippen molar-refractivity contribution in [3.63, 3.8) is 0 Å². The summed E-state index contributed by atoms with van der Waals surface area (Å²) in [6, 6.07) is 10.2. The molecular formula is C20H25N5O. The zero-order valence-corrected chi connectivity index (χ0v) is 15.4. The zero-order valence-electron chi connectivity index (χ0n) is 15.4. The number of furan rings is 1. The first-order chi connectivity index (χ1) is 12.7. The van der Waals surface area contributed by atoms with Crippen LogP contribution in [0, 0.1) is 5.92 Å². The van der Waals surface area contributed by atoms with Gasteiger partial charge in [0.05, 0.1) is 12.8 Å². The van der Waals surface area contributed by atoms with Gasteiger partial charge < -0.3 is 9.32 Å². The molecule has 3 heterocycles. The predicted octanol–water partition coefficient (Wildman–Crippen LogP) is 4.00. The van der Waals surface area contributed by atoms with Gasteiger partial charge in [-0.25, -0.2) is 0 Å². The molecule has 0 aliphatic heterocycles. The molecule has 6 nitrogen and oxygen atoms in total. The van der Waals surface area contributed by atoms with Crippen molar-refractivity contribution in [3.05, 3.63) is 48.6 Å². The molecule has 136 valence electrons. The molecule has 0 spiro atoms. The summed E-state index contributed by atoms with van der Waals surface area (Å²) in [5.41, 5.74) is 0.822. The molecule has 0 amide bonds. The molecule has 4 rings (SSSR count). The summed E-state index contributed by atoms with van der Waals surface area (Å²) in [5.74, 6) is 3.29. The molecular weight excluding hydrogens is 326 g/mol. The van der Waals surface area contributed by atoms with Crippen LogP contribution in [0.4, 0.5) is 5.95 Å². The van der Waals surface area contributed by atoms with Crippen LogP contribution in [-0.4, -0.2) is 32.8 Å². The highest BCUT2D eigenvalue weighted by Crippen LogP contribution is 2.30. The molecule has 1 aliphatic carbocycles. The second-order valence-electron chi connectivity index (χ2n) is 7.24. The van der Waals surface area contributed by atoms with E-state index in [0.717, 1.165) is 29.1 Å².